The van der Waals surface area contributed by atoms with E-state index in [4.69, 9.17) is 10.5 Å². The summed E-state index contributed by atoms with van der Waals surface area (Å²) in [6.45, 7) is 4.07. The minimum absolute atomic E-state index is 0. The third-order valence-electron chi connectivity index (χ3n) is 4.99. The van der Waals surface area contributed by atoms with Gasteiger partial charge >= 0.3 is 0 Å². The Kier molecular flexibility index (Phi) is 8.14. The average molecular weight is 389 g/mol. The van der Waals surface area contributed by atoms with Crippen LogP contribution >= 0.6 is 12.4 Å². The summed E-state index contributed by atoms with van der Waals surface area (Å²) in [6, 6.07) is 18.3. The summed E-state index contributed by atoms with van der Waals surface area (Å²) in [4.78, 5) is 14.4. The predicted octanol–water partition coefficient (Wildman–Crippen LogP) is 3.92. The van der Waals surface area contributed by atoms with E-state index in [1.54, 1.807) is 0 Å². The van der Waals surface area contributed by atoms with Crippen LogP contribution in [0.4, 0.5) is 0 Å². The molecule has 0 unspecified atom stereocenters. The van der Waals surface area contributed by atoms with E-state index in [9.17, 15) is 4.79 Å². The van der Waals surface area contributed by atoms with E-state index < -0.39 is 0 Å². The SMILES string of the molecule is Cc1cccc(OCCCCC(=O)N2C[C@@H](N)[C@H](c3ccccc3)C2)c1.Cl. The number of halogens is 1. The number of benzene rings is 2. The maximum atomic E-state index is 12.5. The van der Waals surface area contributed by atoms with Crippen LogP contribution in [0.1, 0.15) is 36.3 Å². The molecule has 2 aromatic rings. The van der Waals surface area contributed by atoms with Crippen LogP contribution in [0.3, 0.4) is 0 Å². The zero-order chi connectivity index (χ0) is 18.4. The first-order valence-electron chi connectivity index (χ1n) is 9.41. The highest BCUT2D eigenvalue weighted by molar-refractivity contribution is 5.85. The fourth-order valence-electron chi connectivity index (χ4n) is 3.52. The second-order valence-electron chi connectivity index (χ2n) is 7.10. The monoisotopic (exact) mass is 388 g/mol. The summed E-state index contributed by atoms with van der Waals surface area (Å²) in [7, 11) is 0. The molecule has 2 N–H and O–H groups in total. The molecule has 146 valence electrons. The minimum Gasteiger partial charge on any atom is -0.494 e. The van der Waals surface area contributed by atoms with Crippen LogP contribution in [0.15, 0.2) is 54.6 Å². The van der Waals surface area contributed by atoms with Gasteiger partial charge in [0.1, 0.15) is 5.75 Å². The second-order valence-corrected chi connectivity index (χ2v) is 7.10. The van der Waals surface area contributed by atoms with Gasteiger partial charge in [-0.15, -0.1) is 12.4 Å². The van der Waals surface area contributed by atoms with Crippen LogP contribution in [-0.2, 0) is 4.79 Å². The lowest BCUT2D eigenvalue weighted by molar-refractivity contribution is -0.130. The van der Waals surface area contributed by atoms with Crippen LogP contribution in [0, 0.1) is 6.92 Å². The van der Waals surface area contributed by atoms with Gasteiger partial charge in [-0.25, -0.2) is 0 Å². The number of nitrogens with two attached hydrogens (primary N) is 1. The lowest BCUT2D eigenvalue weighted by atomic mass is 9.95. The molecule has 2 atom stereocenters. The van der Waals surface area contributed by atoms with Gasteiger partial charge in [0.25, 0.3) is 0 Å². The summed E-state index contributed by atoms with van der Waals surface area (Å²) < 4.78 is 5.74. The minimum atomic E-state index is 0. The summed E-state index contributed by atoms with van der Waals surface area (Å²) >= 11 is 0. The zero-order valence-corrected chi connectivity index (χ0v) is 16.7. The molecule has 0 radical (unpaired) electrons. The van der Waals surface area contributed by atoms with Crippen LogP contribution in [-0.4, -0.2) is 36.5 Å². The fraction of sp³-hybridized carbons (Fsp3) is 0.409. The van der Waals surface area contributed by atoms with Gasteiger partial charge in [-0.05, 0) is 43.0 Å². The van der Waals surface area contributed by atoms with Gasteiger partial charge in [0.15, 0.2) is 0 Å². The van der Waals surface area contributed by atoms with E-state index >= 15 is 0 Å². The van der Waals surface area contributed by atoms with Crippen molar-refractivity contribution in [3.8, 4) is 5.75 Å². The summed E-state index contributed by atoms with van der Waals surface area (Å²) in [6.07, 6.45) is 2.28. The number of hydrogen-bond donors (Lipinski definition) is 1. The van der Waals surface area contributed by atoms with Crippen molar-refractivity contribution >= 4 is 18.3 Å². The number of likely N-dealkylation sites (tertiary alicyclic amines) is 1. The molecule has 0 spiro atoms. The van der Waals surface area contributed by atoms with Crippen molar-refractivity contribution in [3.05, 3.63) is 65.7 Å². The van der Waals surface area contributed by atoms with Gasteiger partial charge in [-0.1, -0.05) is 42.5 Å². The topological polar surface area (TPSA) is 55.6 Å². The lowest BCUT2D eigenvalue weighted by Crippen LogP contribution is -2.32. The highest BCUT2D eigenvalue weighted by Gasteiger charge is 2.33. The van der Waals surface area contributed by atoms with Gasteiger partial charge in [-0.2, -0.15) is 0 Å². The predicted molar refractivity (Wildman–Crippen MR) is 112 cm³/mol. The maximum absolute atomic E-state index is 12.5. The highest BCUT2D eigenvalue weighted by atomic mass is 35.5. The smallest absolute Gasteiger partial charge is 0.222 e. The number of carbonyl (C=O) groups excluding carboxylic acids is 1. The molecule has 1 aliphatic heterocycles. The molecular formula is C22H29ClN2O2. The molecule has 0 aliphatic carbocycles. The molecule has 0 aromatic heterocycles. The van der Waals surface area contributed by atoms with E-state index in [-0.39, 0.29) is 30.3 Å². The Morgan fingerprint density at radius 2 is 1.89 bits per heavy atom. The van der Waals surface area contributed by atoms with Crippen molar-refractivity contribution in [2.75, 3.05) is 19.7 Å². The van der Waals surface area contributed by atoms with E-state index in [0.29, 0.717) is 19.6 Å². The zero-order valence-electron chi connectivity index (χ0n) is 15.8. The Hall–Kier alpha value is -2.04. The first-order chi connectivity index (χ1) is 12.6. The molecule has 3 rings (SSSR count). The van der Waals surface area contributed by atoms with Gasteiger partial charge in [0.05, 0.1) is 6.61 Å². The van der Waals surface area contributed by atoms with E-state index in [0.717, 1.165) is 25.1 Å². The van der Waals surface area contributed by atoms with Gasteiger partial charge < -0.3 is 15.4 Å². The van der Waals surface area contributed by atoms with Crippen molar-refractivity contribution in [1.82, 2.24) is 4.90 Å². The third kappa shape index (κ3) is 5.98. The van der Waals surface area contributed by atoms with Gasteiger partial charge in [0, 0.05) is 31.5 Å². The standard InChI is InChI=1S/C22H28N2O2.ClH/c1-17-8-7-11-19(14-17)26-13-6-5-12-22(25)24-15-20(21(23)16-24)18-9-3-2-4-10-18;/h2-4,7-11,14,20-21H,5-6,12-13,15-16,23H2,1H3;1H/t20-,21+;/m0./s1. The lowest BCUT2D eigenvalue weighted by Gasteiger charge is -2.16. The number of hydrogen-bond acceptors (Lipinski definition) is 3. The number of rotatable bonds is 7. The second kappa shape index (κ2) is 10.3. The first-order valence-corrected chi connectivity index (χ1v) is 9.41. The van der Waals surface area contributed by atoms with Gasteiger partial charge in [0.2, 0.25) is 5.91 Å². The van der Waals surface area contributed by atoms with Crippen LogP contribution < -0.4 is 10.5 Å². The normalized spacial score (nSPS) is 18.8. The molecule has 1 fully saturated rings. The average Bonchev–Trinajstić information content (AvgIpc) is 3.04. The number of nitrogens with zero attached hydrogens (tertiary/aromatic N) is 1. The summed E-state index contributed by atoms with van der Waals surface area (Å²) in [5, 5.41) is 0. The number of aryl methyl sites for hydroxylation is 1. The molecule has 1 heterocycles. The quantitative estimate of drug-likeness (QED) is 0.731. The van der Waals surface area contributed by atoms with Crippen LogP contribution in [0.5, 0.6) is 5.75 Å². The van der Waals surface area contributed by atoms with Crippen molar-refractivity contribution in [2.24, 2.45) is 5.73 Å². The molecule has 4 nitrogen and oxygen atoms in total. The van der Waals surface area contributed by atoms with Crippen molar-refractivity contribution in [2.45, 2.75) is 38.1 Å². The first kappa shape index (κ1) is 21.3. The van der Waals surface area contributed by atoms with Crippen molar-refractivity contribution in [1.29, 1.82) is 0 Å². The van der Waals surface area contributed by atoms with Gasteiger partial charge in [-0.3, -0.25) is 4.79 Å². The fourth-order valence-corrected chi connectivity index (χ4v) is 3.52. The molecule has 0 bridgehead atoms. The number of unbranched alkanes of at least 4 members (excludes halogenated alkanes) is 1. The molecule has 27 heavy (non-hydrogen) atoms. The Bertz CT molecular complexity index is 723. The Morgan fingerprint density at radius 1 is 1.11 bits per heavy atom. The van der Waals surface area contributed by atoms with Crippen LogP contribution in [0.25, 0.3) is 0 Å². The summed E-state index contributed by atoms with van der Waals surface area (Å²) in [5.41, 5.74) is 8.69. The maximum Gasteiger partial charge on any atom is 0.222 e. The Balaban J connectivity index is 0.00000261. The largest absolute Gasteiger partial charge is 0.494 e. The molecule has 0 saturated carbocycles. The molecule has 1 saturated heterocycles. The Labute approximate surface area is 168 Å². The number of ether oxygens (including phenoxy) is 1. The van der Waals surface area contributed by atoms with E-state index in [1.807, 2.05) is 41.3 Å². The molecular weight excluding hydrogens is 360 g/mol. The summed E-state index contributed by atoms with van der Waals surface area (Å²) in [5.74, 6) is 1.34. The number of amides is 1. The molecule has 2 aromatic carbocycles. The molecule has 5 heteroatoms. The highest BCUT2D eigenvalue weighted by Crippen LogP contribution is 2.27. The Morgan fingerprint density at radius 3 is 2.63 bits per heavy atom. The molecule has 1 aliphatic rings. The van der Waals surface area contributed by atoms with E-state index in [1.165, 1.54) is 11.1 Å². The third-order valence-corrected chi connectivity index (χ3v) is 4.99. The number of carbonyl (C=O) groups is 1. The van der Waals surface area contributed by atoms with Crippen molar-refractivity contribution < 1.29 is 9.53 Å². The van der Waals surface area contributed by atoms with Crippen LogP contribution in [0.2, 0.25) is 0 Å². The van der Waals surface area contributed by atoms with E-state index in [2.05, 4.69) is 25.1 Å². The van der Waals surface area contributed by atoms with Crippen molar-refractivity contribution in [3.63, 3.8) is 0 Å². The molecule has 1 amide bonds.